The fraction of sp³-hybridized carbons (Fsp3) is 0.250. The largest absolute Gasteiger partial charge is 0.306 e. The molecule has 19 heavy (non-hydrogen) atoms. The van der Waals surface area contributed by atoms with E-state index in [1.54, 1.807) is 6.07 Å². The Labute approximate surface area is 122 Å². The van der Waals surface area contributed by atoms with Gasteiger partial charge in [0.25, 0.3) is 0 Å². The van der Waals surface area contributed by atoms with Crippen molar-refractivity contribution in [1.29, 1.82) is 0 Å². The summed E-state index contributed by atoms with van der Waals surface area (Å²) >= 11 is 3.21. The summed E-state index contributed by atoms with van der Waals surface area (Å²) in [6.45, 7) is 4.97. The second-order valence-corrected chi connectivity index (χ2v) is 5.56. The van der Waals surface area contributed by atoms with E-state index in [0.717, 1.165) is 5.56 Å². The second-order valence-electron chi connectivity index (χ2n) is 4.71. The molecule has 0 spiro atoms. The molecule has 2 rings (SSSR count). The summed E-state index contributed by atoms with van der Waals surface area (Å²) in [5, 5.41) is 3.46. The van der Waals surface area contributed by atoms with E-state index in [9.17, 15) is 4.39 Å². The summed E-state index contributed by atoms with van der Waals surface area (Å²) in [6, 6.07) is 13.7. The maximum Gasteiger partial charge on any atom is 0.137 e. The van der Waals surface area contributed by atoms with E-state index in [4.69, 9.17) is 0 Å². The molecule has 0 radical (unpaired) electrons. The molecule has 0 aromatic heterocycles. The lowest BCUT2D eigenvalue weighted by molar-refractivity contribution is 0.570. The fourth-order valence-electron chi connectivity index (χ4n) is 2.10. The molecule has 0 bridgehead atoms. The molecule has 0 heterocycles. The monoisotopic (exact) mass is 321 g/mol. The van der Waals surface area contributed by atoms with E-state index < -0.39 is 0 Å². The van der Waals surface area contributed by atoms with Gasteiger partial charge in [0.15, 0.2) is 0 Å². The fourth-order valence-corrected chi connectivity index (χ4v) is 2.53. The Balaban J connectivity index is 2.02. The van der Waals surface area contributed by atoms with E-state index >= 15 is 0 Å². The van der Waals surface area contributed by atoms with Crippen LogP contribution in [0.5, 0.6) is 0 Å². The molecule has 0 aliphatic rings. The van der Waals surface area contributed by atoms with Crippen molar-refractivity contribution in [3.63, 3.8) is 0 Å². The van der Waals surface area contributed by atoms with Gasteiger partial charge >= 0.3 is 0 Å². The highest BCUT2D eigenvalue weighted by atomic mass is 79.9. The predicted octanol–water partition coefficient (Wildman–Crippen LogP) is 4.75. The number of rotatable bonds is 4. The Hall–Kier alpha value is -1.19. The third-order valence-corrected chi connectivity index (χ3v) is 3.86. The van der Waals surface area contributed by atoms with Crippen LogP contribution < -0.4 is 5.32 Å². The van der Waals surface area contributed by atoms with Crippen molar-refractivity contribution in [3.05, 3.63) is 69.4 Å². The highest BCUT2D eigenvalue weighted by Crippen LogP contribution is 2.19. The van der Waals surface area contributed by atoms with Gasteiger partial charge in [-0.1, -0.05) is 30.3 Å². The van der Waals surface area contributed by atoms with E-state index in [-0.39, 0.29) is 11.9 Å². The average Bonchev–Trinajstić information content (AvgIpc) is 2.40. The molecule has 0 saturated heterocycles. The zero-order valence-corrected chi connectivity index (χ0v) is 12.7. The molecule has 100 valence electrons. The molecule has 3 heteroatoms. The summed E-state index contributed by atoms with van der Waals surface area (Å²) < 4.78 is 13.7. The van der Waals surface area contributed by atoms with Crippen LogP contribution in [0.1, 0.15) is 29.7 Å². The van der Waals surface area contributed by atoms with Gasteiger partial charge in [-0.2, -0.15) is 0 Å². The van der Waals surface area contributed by atoms with Crippen LogP contribution in [0.25, 0.3) is 0 Å². The number of benzene rings is 2. The molecule has 0 aliphatic carbocycles. The maximum absolute atomic E-state index is 13.1. The van der Waals surface area contributed by atoms with Crippen molar-refractivity contribution >= 4 is 15.9 Å². The van der Waals surface area contributed by atoms with Crippen molar-refractivity contribution in [2.24, 2.45) is 0 Å². The molecular formula is C16H17BrFN. The van der Waals surface area contributed by atoms with Crippen molar-refractivity contribution in [3.8, 4) is 0 Å². The van der Waals surface area contributed by atoms with Crippen LogP contribution in [0.2, 0.25) is 0 Å². The minimum absolute atomic E-state index is 0.226. The molecule has 0 aliphatic heterocycles. The third-order valence-electron chi connectivity index (χ3n) is 3.25. The standard InChI is InChI=1S/C16H17BrFN/c1-11-5-3-4-6-14(11)12(2)19-10-13-7-8-16(18)15(17)9-13/h3-9,12,19H,10H2,1-2H3. The highest BCUT2D eigenvalue weighted by Gasteiger charge is 2.07. The smallest absolute Gasteiger partial charge is 0.137 e. The van der Waals surface area contributed by atoms with Gasteiger partial charge in [0.05, 0.1) is 4.47 Å². The van der Waals surface area contributed by atoms with E-state index in [0.29, 0.717) is 11.0 Å². The van der Waals surface area contributed by atoms with Crippen LogP contribution in [0.4, 0.5) is 4.39 Å². The normalized spacial score (nSPS) is 12.4. The van der Waals surface area contributed by atoms with Crippen molar-refractivity contribution in [2.75, 3.05) is 0 Å². The molecule has 1 nitrogen and oxygen atoms in total. The Kier molecular flexibility index (Phi) is 4.72. The van der Waals surface area contributed by atoms with Gasteiger partial charge < -0.3 is 5.32 Å². The lowest BCUT2D eigenvalue weighted by Gasteiger charge is -2.16. The number of nitrogens with one attached hydrogen (secondary N) is 1. The third kappa shape index (κ3) is 3.64. The molecule has 0 saturated carbocycles. The molecule has 0 fully saturated rings. The molecule has 1 unspecified atom stereocenters. The molecule has 1 atom stereocenters. The van der Waals surface area contributed by atoms with E-state index in [2.05, 4.69) is 53.3 Å². The number of hydrogen-bond acceptors (Lipinski definition) is 1. The summed E-state index contributed by atoms with van der Waals surface area (Å²) in [4.78, 5) is 0. The molecule has 2 aromatic rings. The molecule has 1 N–H and O–H groups in total. The first-order chi connectivity index (χ1) is 9.08. The zero-order chi connectivity index (χ0) is 13.8. The first-order valence-electron chi connectivity index (χ1n) is 6.31. The Morgan fingerprint density at radius 1 is 1.21 bits per heavy atom. The highest BCUT2D eigenvalue weighted by molar-refractivity contribution is 9.10. The minimum Gasteiger partial charge on any atom is -0.306 e. The second kappa shape index (κ2) is 6.31. The topological polar surface area (TPSA) is 12.0 Å². The van der Waals surface area contributed by atoms with E-state index in [1.165, 1.54) is 17.2 Å². The predicted molar refractivity (Wildman–Crippen MR) is 80.5 cm³/mol. The van der Waals surface area contributed by atoms with Gasteiger partial charge in [0.2, 0.25) is 0 Å². The Morgan fingerprint density at radius 3 is 2.63 bits per heavy atom. The quantitative estimate of drug-likeness (QED) is 0.857. The molecular weight excluding hydrogens is 305 g/mol. The van der Waals surface area contributed by atoms with Gasteiger partial charge in [-0.25, -0.2) is 4.39 Å². The summed E-state index contributed by atoms with van der Waals surface area (Å²) in [6.07, 6.45) is 0. The SMILES string of the molecule is Cc1ccccc1C(C)NCc1ccc(F)c(Br)c1. The summed E-state index contributed by atoms with van der Waals surface area (Å²) in [7, 11) is 0. The van der Waals surface area contributed by atoms with Gasteiger partial charge in [0, 0.05) is 12.6 Å². The van der Waals surface area contributed by atoms with Crippen LogP contribution in [0.3, 0.4) is 0 Å². The van der Waals surface area contributed by atoms with Gasteiger partial charge in [-0.3, -0.25) is 0 Å². The van der Waals surface area contributed by atoms with Crippen LogP contribution in [0, 0.1) is 12.7 Å². The first kappa shape index (κ1) is 14.2. The van der Waals surface area contributed by atoms with Crippen LogP contribution in [-0.4, -0.2) is 0 Å². The van der Waals surface area contributed by atoms with Gasteiger partial charge in [0.1, 0.15) is 5.82 Å². The lowest BCUT2D eigenvalue weighted by atomic mass is 10.0. The maximum atomic E-state index is 13.1. The van der Waals surface area contributed by atoms with Gasteiger partial charge in [-0.15, -0.1) is 0 Å². The van der Waals surface area contributed by atoms with Crippen molar-refractivity contribution in [1.82, 2.24) is 5.32 Å². The number of aryl methyl sites for hydroxylation is 1. The molecule has 0 amide bonds. The zero-order valence-electron chi connectivity index (χ0n) is 11.1. The van der Waals surface area contributed by atoms with E-state index in [1.807, 2.05) is 12.1 Å². The Bertz CT molecular complexity index is 568. The number of halogens is 2. The Morgan fingerprint density at radius 2 is 1.95 bits per heavy atom. The summed E-state index contributed by atoms with van der Waals surface area (Å²) in [5.41, 5.74) is 3.64. The van der Waals surface area contributed by atoms with Crippen LogP contribution >= 0.6 is 15.9 Å². The average molecular weight is 322 g/mol. The lowest BCUT2D eigenvalue weighted by Crippen LogP contribution is -2.18. The van der Waals surface area contributed by atoms with Crippen molar-refractivity contribution in [2.45, 2.75) is 26.4 Å². The first-order valence-corrected chi connectivity index (χ1v) is 7.10. The van der Waals surface area contributed by atoms with Crippen molar-refractivity contribution < 1.29 is 4.39 Å². The number of hydrogen-bond donors (Lipinski definition) is 1. The summed E-state index contributed by atoms with van der Waals surface area (Å²) in [5.74, 6) is -0.226. The van der Waals surface area contributed by atoms with Gasteiger partial charge in [-0.05, 0) is 58.6 Å². The van der Waals surface area contributed by atoms with Crippen LogP contribution in [0.15, 0.2) is 46.9 Å². The van der Waals surface area contributed by atoms with Crippen LogP contribution in [-0.2, 0) is 6.54 Å². The molecule has 2 aromatic carbocycles. The minimum atomic E-state index is -0.226.